The first kappa shape index (κ1) is 14.0. The number of aromatic nitrogens is 1. The van der Waals surface area contributed by atoms with E-state index in [1.54, 1.807) is 6.92 Å². The highest BCUT2D eigenvalue weighted by Gasteiger charge is 2.23. The standard InChI is InChI=1S/C12H16N2O4S/c1-7(5-10(15)16)14-11(17)9-6-13-12(19-9)8-3-2-4-18-8/h6-8H,2-5H2,1H3,(H,14,17)(H,15,16). The Bertz CT molecular complexity index is 468. The zero-order valence-electron chi connectivity index (χ0n) is 10.6. The van der Waals surface area contributed by atoms with Gasteiger partial charge in [0.2, 0.25) is 0 Å². The molecule has 2 heterocycles. The molecule has 0 aliphatic carbocycles. The van der Waals surface area contributed by atoms with E-state index in [1.807, 2.05) is 0 Å². The fourth-order valence-electron chi connectivity index (χ4n) is 1.92. The molecule has 2 N–H and O–H groups in total. The molecule has 104 valence electrons. The minimum absolute atomic E-state index is 0.00277. The lowest BCUT2D eigenvalue weighted by molar-refractivity contribution is -0.137. The Morgan fingerprint density at radius 1 is 1.68 bits per heavy atom. The lowest BCUT2D eigenvalue weighted by Gasteiger charge is -2.09. The Morgan fingerprint density at radius 3 is 3.11 bits per heavy atom. The van der Waals surface area contributed by atoms with Gasteiger partial charge in [0, 0.05) is 12.6 Å². The number of nitrogens with one attached hydrogen (secondary N) is 1. The van der Waals surface area contributed by atoms with Crippen LogP contribution in [0.3, 0.4) is 0 Å². The maximum absolute atomic E-state index is 11.9. The van der Waals surface area contributed by atoms with Gasteiger partial charge in [0.25, 0.3) is 5.91 Å². The normalized spacial score (nSPS) is 20.2. The summed E-state index contributed by atoms with van der Waals surface area (Å²) in [6, 6.07) is -0.404. The molecule has 19 heavy (non-hydrogen) atoms. The summed E-state index contributed by atoms with van der Waals surface area (Å²) in [6.07, 6.45) is 3.38. The number of nitrogens with zero attached hydrogens (tertiary/aromatic N) is 1. The summed E-state index contributed by atoms with van der Waals surface area (Å²) in [7, 11) is 0. The van der Waals surface area contributed by atoms with Gasteiger partial charge in [-0.05, 0) is 19.8 Å². The van der Waals surface area contributed by atoms with Crippen LogP contribution in [-0.2, 0) is 9.53 Å². The predicted molar refractivity (Wildman–Crippen MR) is 69.2 cm³/mol. The third kappa shape index (κ3) is 3.74. The van der Waals surface area contributed by atoms with Crippen molar-refractivity contribution in [2.75, 3.05) is 6.61 Å². The SMILES string of the molecule is CC(CC(=O)O)NC(=O)c1cnc(C2CCCO2)s1. The molecular weight excluding hydrogens is 268 g/mol. The molecule has 1 aliphatic heterocycles. The molecule has 1 saturated heterocycles. The fourth-order valence-corrected chi connectivity index (χ4v) is 2.83. The maximum atomic E-state index is 11.9. The second-order valence-corrected chi connectivity index (χ2v) is 5.60. The molecule has 6 nitrogen and oxygen atoms in total. The Hall–Kier alpha value is -1.47. The average molecular weight is 284 g/mol. The first-order valence-corrected chi connectivity index (χ1v) is 6.98. The molecule has 1 amide bonds. The quantitative estimate of drug-likeness (QED) is 0.857. The fraction of sp³-hybridized carbons (Fsp3) is 0.583. The first-order valence-electron chi connectivity index (χ1n) is 6.16. The Morgan fingerprint density at radius 2 is 2.47 bits per heavy atom. The molecule has 0 aromatic carbocycles. The number of hydrogen-bond donors (Lipinski definition) is 2. The molecule has 1 fully saturated rings. The molecule has 2 unspecified atom stereocenters. The number of ether oxygens (including phenoxy) is 1. The van der Waals surface area contributed by atoms with Crippen molar-refractivity contribution in [3.63, 3.8) is 0 Å². The molecule has 0 spiro atoms. The second kappa shape index (κ2) is 6.12. The summed E-state index contributed by atoms with van der Waals surface area (Å²) in [4.78, 5) is 27.1. The highest BCUT2D eigenvalue weighted by molar-refractivity contribution is 7.13. The van der Waals surface area contributed by atoms with Crippen LogP contribution < -0.4 is 5.32 Å². The summed E-state index contributed by atoms with van der Waals surface area (Å²) in [5, 5.41) is 12.1. The van der Waals surface area contributed by atoms with Crippen LogP contribution in [0.2, 0.25) is 0 Å². The van der Waals surface area contributed by atoms with Crippen molar-refractivity contribution >= 4 is 23.2 Å². The number of carbonyl (C=O) groups excluding carboxylic acids is 1. The number of aliphatic carboxylic acids is 1. The van der Waals surface area contributed by atoms with Crippen molar-refractivity contribution in [1.82, 2.24) is 10.3 Å². The number of hydrogen-bond acceptors (Lipinski definition) is 5. The van der Waals surface area contributed by atoms with Gasteiger partial charge in [-0.3, -0.25) is 9.59 Å². The first-order chi connectivity index (χ1) is 9.06. The van der Waals surface area contributed by atoms with Crippen LogP contribution in [0.4, 0.5) is 0 Å². The molecule has 0 saturated carbocycles. The molecule has 2 rings (SSSR count). The van der Waals surface area contributed by atoms with E-state index in [9.17, 15) is 9.59 Å². The zero-order chi connectivity index (χ0) is 13.8. The topological polar surface area (TPSA) is 88.5 Å². The Labute approximate surface area is 114 Å². The van der Waals surface area contributed by atoms with Gasteiger partial charge in [-0.15, -0.1) is 11.3 Å². The lowest BCUT2D eigenvalue weighted by atomic mass is 10.2. The predicted octanol–water partition coefficient (Wildman–Crippen LogP) is 1.59. The summed E-state index contributed by atoms with van der Waals surface area (Å²) < 4.78 is 5.50. The highest BCUT2D eigenvalue weighted by atomic mass is 32.1. The number of carbonyl (C=O) groups is 2. The van der Waals surface area contributed by atoms with Gasteiger partial charge in [0.1, 0.15) is 16.0 Å². The van der Waals surface area contributed by atoms with Crippen molar-refractivity contribution in [2.24, 2.45) is 0 Å². The third-order valence-corrected chi connectivity index (χ3v) is 3.90. The van der Waals surface area contributed by atoms with Crippen LogP contribution in [-0.4, -0.2) is 34.6 Å². The highest BCUT2D eigenvalue weighted by Crippen LogP contribution is 2.31. The summed E-state index contributed by atoms with van der Waals surface area (Å²) in [6.45, 7) is 2.40. The van der Waals surface area contributed by atoms with E-state index in [4.69, 9.17) is 9.84 Å². The molecule has 1 aromatic heterocycles. The van der Waals surface area contributed by atoms with Gasteiger partial charge in [0.15, 0.2) is 0 Å². The molecule has 0 bridgehead atoms. The van der Waals surface area contributed by atoms with Crippen molar-refractivity contribution in [3.8, 4) is 0 Å². The van der Waals surface area contributed by atoms with E-state index in [-0.39, 0.29) is 18.4 Å². The van der Waals surface area contributed by atoms with Crippen LogP contribution in [0.25, 0.3) is 0 Å². The van der Waals surface area contributed by atoms with Crippen LogP contribution in [0.5, 0.6) is 0 Å². The molecule has 0 radical (unpaired) electrons. The minimum Gasteiger partial charge on any atom is -0.481 e. The molecule has 1 aromatic rings. The number of rotatable bonds is 5. The third-order valence-electron chi connectivity index (χ3n) is 2.81. The van der Waals surface area contributed by atoms with Gasteiger partial charge in [-0.2, -0.15) is 0 Å². The smallest absolute Gasteiger partial charge is 0.305 e. The van der Waals surface area contributed by atoms with E-state index in [0.29, 0.717) is 4.88 Å². The van der Waals surface area contributed by atoms with Crippen LogP contribution in [0.15, 0.2) is 6.20 Å². The van der Waals surface area contributed by atoms with Gasteiger partial charge in [0.05, 0.1) is 12.6 Å². The molecule has 1 aliphatic rings. The Balaban J connectivity index is 1.94. The number of amides is 1. The number of thiazole rings is 1. The van der Waals surface area contributed by atoms with Crippen LogP contribution in [0, 0.1) is 0 Å². The van der Waals surface area contributed by atoms with Crippen LogP contribution >= 0.6 is 11.3 Å². The average Bonchev–Trinajstić information content (AvgIpc) is 2.99. The monoisotopic (exact) mass is 284 g/mol. The minimum atomic E-state index is -0.933. The molecule has 2 atom stereocenters. The number of carboxylic acids is 1. The van der Waals surface area contributed by atoms with E-state index >= 15 is 0 Å². The molecule has 7 heteroatoms. The maximum Gasteiger partial charge on any atom is 0.305 e. The second-order valence-electron chi connectivity index (χ2n) is 4.54. The molecular formula is C12H16N2O4S. The van der Waals surface area contributed by atoms with E-state index in [2.05, 4.69) is 10.3 Å². The number of carboxylic acid groups (broad SMARTS) is 1. The van der Waals surface area contributed by atoms with Gasteiger partial charge < -0.3 is 15.2 Å². The van der Waals surface area contributed by atoms with Gasteiger partial charge in [-0.25, -0.2) is 4.98 Å². The van der Waals surface area contributed by atoms with Crippen LogP contribution in [0.1, 0.15) is 47.0 Å². The van der Waals surface area contributed by atoms with E-state index in [1.165, 1.54) is 17.5 Å². The van der Waals surface area contributed by atoms with Gasteiger partial charge in [-0.1, -0.05) is 0 Å². The summed E-state index contributed by atoms with van der Waals surface area (Å²) in [5.41, 5.74) is 0. The van der Waals surface area contributed by atoms with Crippen molar-refractivity contribution in [3.05, 3.63) is 16.1 Å². The Kier molecular flexibility index (Phi) is 4.49. The van der Waals surface area contributed by atoms with E-state index in [0.717, 1.165) is 24.5 Å². The zero-order valence-corrected chi connectivity index (χ0v) is 11.4. The van der Waals surface area contributed by atoms with Crippen molar-refractivity contribution in [1.29, 1.82) is 0 Å². The largest absolute Gasteiger partial charge is 0.481 e. The lowest BCUT2D eigenvalue weighted by Crippen LogP contribution is -2.33. The van der Waals surface area contributed by atoms with Crippen molar-refractivity contribution in [2.45, 2.75) is 38.3 Å². The van der Waals surface area contributed by atoms with E-state index < -0.39 is 12.0 Å². The summed E-state index contributed by atoms with van der Waals surface area (Å²) >= 11 is 1.30. The summed E-state index contributed by atoms with van der Waals surface area (Å²) in [5.74, 6) is -1.22. The van der Waals surface area contributed by atoms with Crippen molar-refractivity contribution < 1.29 is 19.4 Å². The van der Waals surface area contributed by atoms with Gasteiger partial charge >= 0.3 is 5.97 Å².